The predicted molar refractivity (Wildman–Crippen MR) is 201 cm³/mol. The SMILES string of the molecule is Brc1ccc2c(c1)Oc1ccc(-c3nc4ccc5ccccc5c4s3)c3c1N2c1cccc(-c2nc4ccc5ccccc5c4s2)c1O3. The number of para-hydroxylation sites is 1. The molecule has 226 valence electrons. The molecular formula is C40H20BrN3O2S2. The van der Waals surface area contributed by atoms with Gasteiger partial charge in [-0.15, -0.1) is 22.7 Å². The molecule has 5 nitrogen and oxygen atoms in total. The van der Waals surface area contributed by atoms with Crippen LogP contribution in [0.3, 0.4) is 0 Å². The van der Waals surface area contributed by atoms with Gasteiger partial charge >= 0.3 is 0 Å². The van der Waals surface area contributed by atoms with Crippen molar-refractivity contribution in [3.8, 4) is 44.1 Å². The van der Waals surface area contributed by atoms with Crippen LogP contribution < -0.4 is 14.4 Å². The van der Waals surface area contributed by atoms with Crippen LogP contribution in [-0.2, 0) is 0 Å². The van der Waals surface area contributed by atoms with Crippen molar-refractivity contribution < 1.29 is 9.47 Å². The molecule has 0 radical (unpaired) electrons. The quantitative estimate of drug-likeness (QED) is 0.178. The Morgan fingerprint density at radius 1 is 0.542 bits per heavy atom. The van der Waals surface area contributed by atoms with Gasteiger partial charge < -0.3 is 9.47 Å². The first kappa shape index (κ1) is 26.8. The zero-order chi connectivity index (χ0) is 31.5. The fourth-order valence-corrected chi connectivity index (χ4v) is 9.57. The van der Waals surface area contributed by atoms with E-state index in [0.717, 1.165) is 81.4 Å². The molecule has 4 heterocycles. The number of hydrogen-bond acceptors (Lipinski definition) is 7. The van der Waals surface area contributed by atoms with Crippen molar-refractivity contribution in [2.24, 2.45) is 0 Å². The van der Waals surface area contributed by atoms with E-state index in [2.05, 4.69) is 124 Å². The number of nitrogens with zero attached hydrogens (tertiary/aromatic N) is 3. The Balaban J connectivity index is 1.16. The van der Waals surface area contributed by atoms with Crippen molar-refractivity contribution >= 4 is 97.6 Å². The Labute approximate surface area is 290 Å². The van der Waals surface area contributed by atoms with Crippen LogP contribution in [0.4, 0.5) is 17.1 Å². The number of benzene rings is 7. The van der Waals surface area contributed by atoms with E-state index in [1.165, 1.54) is 26.2 Å². The molecule has 0 saturated carbocycles. The highest BCUT2D eigenvalue weighted by molar-refractivity contribution is 9.10. The van der Waals surface area contributed by atoms with Gasteiger partial charge in [-0.05, 0) is 65.4 Å². The van der Waals surface area contributed by atoms with Gasteiger partial charge in [0.2, 0.25) is 0 Å². The molecule has 0 saturated heterocycles. The molecule has 9 aromatic rings. The van der Waals surface area contributed by atoms with E-state index in [-0.39, 0.29) is 0 Å². The maximum atomic E-state index is 7.10. The van der Waals surface area contributed by atoms with Gasteiger partial charge in [0, 0.05) is 15.2 Å². The lowest BCUT2D eigenvalue weighted by atomic mass is 10.0. The summed E-state index contributed by atoms with van der Waals surface area (Å²) in [5, 5.41) is 6.62. The summed E-state index contributed by atoms with van der Waals surface area (Å²) in [6.07, 6.45) is 0. The fraction of sp³-hybridized carbons (Fsp3) is 0. The molecule has 0 fully saturated rings. The van der Waals surface area contributed by atoms with Crippen LogP contribution in [0, 0.1) is 0 Å². The second-order valence-electron chi connectivity index (χ2n) is 11.9. The van der Waals surface area contributed by atoms with Crippen LogP contribution in [0.25, 0.3) is 63.1 Å². The molecule has 0 N–H and O–H groups in total. The second-order valence-corrected chi connectivity index (χ2v) is 14.8. The maximum absolute atomic E-state index is 7.10. The molecule has 2 aromatic heterocycles. The summed E-state index contributed by atoms with van der Waals surface area (Å²) in [6.45, 7) is 0. The molecule has 8 heteroatoms. The van der Waals surface area contributed by atoms with Gasteiger partial charge in [0.1, 0.15) is 15.7 Å². The number of ether oxygens (including phenoxy) is 2. The zero-order valence-electron chi connectivity index (χ0n) is 24.9. The first-order valence-corrected chi connectivity index (χ1v) is 17.9. The van der Waals surface area contributed by atoms with Crippen molar-refractivity contribution in [2.45, 2.75) is 0 Å². The van der Waals surface area contributed by atoms with Gasteiger partial charge in [-0.1, -0.05) is 82.7 Å². The number of aromatic nitrogens is 2. The fourth-order valence-electron chi connectivity index (χ4n) is 6.98. The minimum atomic E-state index is 0.718. The Bertz CT molecular complexity index is 2840. The summed E-state index contributed by atoms with van der Waals surface area (Å²) in [7, 11) is 0. The average Bonchev–Trinajstić information content (AvgIpc) is 3.77. The lowest BCUT2D eigenvalue weighted by Crippen LogP contribution is -2.21. The van der Waals surface area contributed by atoms with Gasteiger partial charge in [-0.3, -0.25) is 4.90 Å². The molecule has 2 aliphatic rings. The van der Waals surface area contributed by atoms with Crippen molar-refractivity contribution in [3.05, 3.63) is 126 Å². The van der Waals surface area contributed by atoms with Gasteiger partial charge in [0.05, 0.1) is 42.9 Å². The third-order valence-electron chi connectivity index (χ3n) is 9.16. The van der Waals surface area contributed by atoms with Crippen LogP contribution in [0.1, 0.15) is 0 Å². The van der Waals surface area contributed by atoms with Gasteiger partial charge in [-0.2, -0.15) is 0 Å². The molecule has 0 aliphatic carbocycles. The van der Waals surface area contributed by atoms with Crippen molar-refractivity contribution in [1.82, 2.24) is 9.97 Å². The predicted octanol–water partition coefficient (Wildman–Crippen LogP) is 13.0. The Hall–Kier alpha value is -5.28. The van der Waals surface area contributed by atoms with Crippen LogP contribution in [0.5, 0.6) is 23.0 Å². The molecule has 0 atom stereocenters. The summed E-state index contributed by atoms with van der Waals surface area (Å²) < 4.78 is 16.9. The van der Waals surface area contributed by atoms with E-state index in [9.17, 15) is 0 Å². The first-order chi connectivity index (χ1) is 23.7. The third kappa shape index (κ3) is 3.76. The standard InChI is InChI=1S/C40H20BrN3O2S2/c41-23-14-18-30-33(20-23)45-32-19-15-27(40-43-29-17-13-22-7-2-4-9-25(22)38(29)48-40)36-34(32)44(30)31-11-5-10-26(35(31)46-36)39-42-28-16-12-21-6-1-3-8-24(21)37(28)47-39/h1-20H. The topological polar surface area (TPSA) is 47.5 Å². The summed E-state index contributed by atoms with van der Waals surface area (Å²) in [6, 6.07) is 42.0. The zero-order valence-corrected chi connectivity index (χ0v) is 28.1. The van der Waals surface area contributed by atoms with E-state index in [1.807, 2.05) is 18.2 Å². The normalized spacial score (nSPS) is 13.0. The van der Waals surface area contributed by atoms with Crippen molar-refractivity contribution in [2.75, 3.05) is 4.90 Å². The number of thiazole rings is 2. The molecule has 48 heavy (non-hydrogen) atoms. The smallest absolute Gasteiger partial charge is 0.165 e. The summed E-state index contributed by atoms with van der Waals surface area (Å²) >= 11 is 7.04. The highest BCUT2D eigenvalue weighted by Crippen LogP contribution is 2.63. The van der Waals surface area contributed by atoms with E-state index in [4.69, 9.17) is 19.4 Å². The largest absolute Gasteiger partial charge is 0.453 e. The Morgan fingerprint density at radius 2 is 1.21 bits per heavy atom. The van der Waals surface area contributed by atoms with Gasteiger partial charge in [-0.25, -0.2) is 9.97 Å². The monoisotopic (exact) mass is 717 g/mol. The minimum Gasteiger partial charge on any atom is -0.453 e. The summed E-state index contributed by atoms with van der Waals surface area (Å²) in [5.41, 5.74) is 6.56. The maximum Gasteiger partial charge on any atom is 0.165 e. The number of hydrogen-bond donors (Lipinski definition) is 0. The molecule has 0 bridgehead atoms. The van der Waals surface area contributed by atoms with Crippen LogP contribution in [0.15, 0.2) is 126 Å². The van der Waals surface area contributed by atoms with Crippen LogP contribution in [0.2, 0.25) is 0 Å². The highest BCUT2D eigenvalue weighted by Gasteiger charge is 2.38. The molecule has 0 amide bonds. The lowest BCUT2D eigenvalue weighted by molar-refractivity contribution is 0.447. The first-order valence-electron chi connectivity index (χ1n) is 15.5. The van der Waals surface area contributed by atoms with Gasteiger partial charge in [0.15, 0.2) is 23.0 Å². The molecule has 0 unspecified atom stereocenters. The van der Waals surface area contributed by atoms with E-state index in [1.54, 1.807) is 22.7 Å². The summed E-state index contributed by atoms with van der Waals surface area (Å²) in [5.74, 6) is 2.98. The summed E-state index contributed by atoms with van der Waals surface area (Å²) in [4.78, 5) is 12.6. The van der Waals surface area contributed by atoms with Crippen LogP contribution >= 0.6 is 38.6 Å². The lowest BCUT2D eigenvalue weighted by Gasteiger charge is -2.39. The Kier molecular flexibility index (Phi) is 5.50. The van der Waals surface area contributed by atoms with Crippen LogP contribution in [-0.4, -0.2) is 9.97 Å². The van der Waals surface area contributed by atoms with Crippen molar-refractivity contribution in [3.63, 3.8) is 0 Å². The van der Waals surface area contributed by atoms with Gasteiger partial charge in [0.25, 0.3) is 0 Å². The Morgan fingerprint density at radius 3 is 1.92 bits per heavy atom. The number of fused-ring (bicyclic) bond motifs is 10. The van der Waals surface area contributed by atoms with E-state index < -0.39 is 0 Å². The van der Waals surface area contributed by atoms with E-state index in [0.29, 0.717) is 0 Å². The number of anilines is 3. The molecule has 7 aromatic carbocycles. The highest BCUT2D eigenvalue weighted by atomic mass is 79.9. The molecule has 0 spiro atoms. The number of rotatable bonds is 2. The molecule has 11 rings (SSSR count). The number of halogens is 1. The third-order valence-corrected chi connectivity index (χ3v) is 11.9. The van der Waals surface area contributed by atoms with Crippen molar-refractivity contribution in [1.29, 1.82) is 0 Å². The minimum absolute atomic E-state index is 0.718. The van der Waals surface area contributed by atoms with E-state index >= 15 is 0 Å². The average molecular weight is 719 g/mol. The molecule has 2 aliphatic heterocycles. The molecular weight excluding hydrogens is 698 g/mol. The second kappa shape index (κ2) is 9.87.